The molecular weight excluding hydrogens is 364 g/mol. The maximum absolute atomic E-state index is 12.8. The number of hydrogen-bond acceptors (Lipinski definition) is 6. The summed E-state index contributed by atoms with van der Waals surface area (Å²) in [5.41, 5.74) is 1.50. The Hall–Kier alpha value is -2.48. The monoisotopic (exact) mass is 384 g/mol. The van der Waals surface area contributed by atoms with Gasteiger partial charge in [0.15, 0.2) is 0 Å². The zero-order valence-corrected chi connectivity index (χ0v) is 15.4. The molecule has 0 bridgehead atoms. The largest absolute Gasteiger partial charge is 0.390 e. The van der Waals surface area contributed by atoms with Crippen LogP contribution in [0.1, 0.15) is 6.42 Å². The molecule has 2 aromatic carbocycles. The summed E-state index contributed by atoms with van der Waals surface area (Å²) in [6.45, 7) is 0.912. The molecule has 0 aliphatic carbocycles. The van der Waals surface area contributed by atoms with E-state index >= 15 is 0 Å². The Morgan fingerprint density at radius 1 is 0.963 bits per heavy atom. The van der Waals surface area contributed by atoms with Crippen LogP contribution in [-0.2, 0) is 9.84 Å². The Kier molecular flexibility index (Phi) is 4.59. The van der Waals surface area contributed by atoms with Gasteiger partial charge in [-0.25, -0.2) is 8.42 Å². The van der Waals surface area contributed by atoms with Crippen molar-refractivity contribution in [1.82, 2.24) is 4.98 Å². The standard InChI is InChI=1S/C20H20N2O4S/c23-18-9-10-22(13-19(18)24)17-8-4-5-14-11-16(12-21-20(14)17)27(25,26)15-6-2-1-3-7-15/h1-8,11-12,18-19,23-24H,9-10,13H2/t18-,19+/m1/s1. The molecule has 4 rings (SSSR count). The lowest BCUT2D eigenvalue weighted by Crippen LogP contribution is -2.46. The number of piperidine rings is 1. The van der Waals surface area contributed by atoms with Gasteiger partial charge in [0.1, 0.15) is 0 Å². The minimum Gasteiger partial charge on any atom is -0.390 e. The highest BCUT2D eigenvalue weighted by molar-refractivity contribution is 7.91. The summed E-state index contributed by atoms with van der Waals surface area (Å²) in [4.78, 5) is 6.78. The van der Waals surface area contributed by atoms with E-state index in [0.717, 1.165) is 5.69 Å². The summed E-state index contributed by atoms with van der Waals surface area (Å²) in [6.07, 6.45) is 0.319. The van der Waals surface area contributed by atoms with E-state index in [1.54, 1.807) is 36.4 Å². The lowest BCUT2D eigenvalue weighted by molar-refractivity contribution is 0.00807. The third-order valence-corrected chi connectivity index (χ3v) is 6.65. The summed E-state index contributed by atoms with van der Waals surface area (Å²) < 4.78 is 25.7. The van der Waals surface area contributed by atoms with E-state index in [1.807, 2.05) is 23.1 Å². The van der Waals surface area contributed by atoms with Crippen molar-refractivity contribution in [3.63, 3.8) is 0 Å². The molecule has 0 radical (unpaired) electrons. The molecule has 2 heterocycles. The zero-order valence-electron chi connectivity index (χ0n) is 14.6. The molecule has 1 aliphatic rings. The van der Waals surface area contributed by atoms with Crippen LogP contribution < -0.4 is 4.90 Å². The number of fused-ring (bicyclic) bond motifs is 1. The fourth-order valence-electron chi connectivity index (χ4n) is 3.40. The van der Waals surface area contributed by atoms with Crippen molar-refractivity contribution in [3.8, 4) is 0 Å². The lowest BCUT2D eigenvalue weighted by atomic mass is 10.0. The Balaban J connectivity index is 1.75. The highest BCUT2D eigenvalue weighted by atomic mass is 32.2. The van der Waals surface area contributed by atoms with Crippen molar-refractivity contribution in [3.05, 3.63) is 60.8 Å². The molecule has 1 aromatic heterocycles. The lowest BCUT2D eigenvalue weighted by Gasteiger charge is -2.35. The van der Waals surface area contributed by atoms with E-state index in [9.17, 15) is 18.6 Å². The number of nitrogens with zero attached hydrogens (tertiary/aromatic N) is 2. The topological polar surface area (TPSA) is 90.7 Å². The first-order chi connectivity index (χ1) is 13.0. The second-order valence-electron chi connectivity index (χ2n) is 6.71. The molecular formula is C20H20N2O4S. The molecule has 0 unspecified atom stereocenters. The summed E-state index contributed by atoms with van der Waals surface area (Å²) >= 11 is 0. The van der Waals surface area contributed by atoms with E-state index in [-0.39, 0.29) is 9.79 Å². The summed E-state index contributed by atoms with van der Waals surface area (Å²) in [5, 5.41) is 20.4. The van der Waals surface area contributed by atoms with E-state index in [2.05, 4.69) is 4.98 Å². The van der Waals surface area contributed by atoms with Crippen molar-refractivity contribution < 1.29 is 18.6 Å². The van der Waals surface area contributed by atoms with Gasteiger partial charge in [0.25, 0.3) is 0 Å². The average Bonchev–Trinajstić information content (AvgIpc) is 2.70. The highest BCUT2D eigenvalue weighted by Gasteiger charge is 2.27. The molecule has 3 aromatic rings. The van der Waals surface area contributed by atoms with E-state index in [1.165, 1.54) is 6.20 Å². The number of anilines is 1. The third-order valence-electron chi connectivity index (χ3n) is 4.92. The van der Waals surface area contributed by atoms with Gasteiger partial charge in [-0.3, -0.25) is 4.98 Å². The van der Waals surface area contributed by atoms with Gasteiger partial charge in [0.2, 0.25) is 9.84 Å². The third kappa shape index (κ3) is 3.29. The first-order valence-corrected chi connectivity index (χ1v) is 10.2. The van der Waals surface area contributed by atoms with E-state index in [4.69, 9.17) is 0 Å². The van der Waals surface area contributed by atoms with Gasteiger partial charge in [0, 0.05) is 24.7 Å². The van der Waals surface area contributed by atoms with Crippen molar-refractivity contribution in [1.29, 1.82) is 0 Å². The molecule has 7 heteroatoms. The number of hydrogen-bond donors (Lipinski definition) is 2. The SMILES string of the molecule is O=S(=O)(c1ccccc1)c1cnc2c(N3CC[C@@H](O)[C@@H](O)C3)cccc2c1. The van der Waals surface area contributed by atoms with Gasteiger partial charge in [-0.1, -0.05) is 30.3 Å². The highest BCUT2D eigenvalue weighted by Crippen LogP contribution is 2.30. The van der Waals surface area contributed by atoms with Gasteiger partial charge in [-0.15, -0.1) is 0 Å². The summed E-state index contributed by atoms with van der Waals surface area (Å²) in [7, 11) is -3.63. The molecule has 0 amide bonds. The van der Waals surface area contributed by atoms with Crippen molar-refractivity contribution in [2.45, 2.75) is 28.4 Å². The maximum Gasteiger partial charge on any atom is 0.208 e. The number of sulfone groups is 1. The van der Waals surface area contributed by atoms with Gasteiger partial charge in [-0.05, 0) is 30.7 Å². The fourth-order valence-corrected chi connectivity index (χ4v) is 4.66. The van der Waals surface area contributed by atoms with Crippen LogP contribution >= 0.6 is 0 Å². The Morgan fingerprint density at radius 2 is 1.74 bits per heavy atom. The molecule has 27 heavy (non-hydrogen) atoms. The maximum atomic E-state index is 12.8. The van der Waals surface area contributed by atoms with Crippen LogP contribution in [0.15, 0.2) is 70.6 Å². The van der Waals surface area contributed by atoms with E-state index in [0.29, 0.717) is 30.4 Å². The van der Waals surface area contributed by atoms with Crippen molar-refractivity contribution >= 4 is 26.4 Å². The molecule has 140 valence electrons. The minimum atomic E-state index is -3.63. The van der Waals surface area contributed by atoms with Crippen LogP contribution in [0.3, 0.4) is 0 Å². The molecule has 2 atom stereocenters. The number of β-amino-alcohol motifs (C(OH)–C–C–N with tert-alkyl or cyclic N) is 1. The molecule has 2 N–H and O–H groups in total. The number of para-hydroxylation sites is 1. The normalized spacial score (nSPS) is 20.7. The summed E-state index contributed by atoms with van der Waals surface area (Å²) in [5.74, 6) is 0. The second kappa shape index (κ2) is 6.92. The predicted molar refractivity (Wildman–Crippen MR) is 102 cm³/mol. The number of benzene rings is 2. The number of aromatic nitrogens is 1. The molecule has 1 aliphatic heterocycles. The smallest absolute Gasteiger partial charge is 0.208 e. The van der Waals surface area contributed by atoms with Gasteiger partial charge < -0.3 is 15.1 Å². The van der Waals surface area contributed by atoms with E-state index < -0.39 is 22.0 Å². The van der Waals surface area contributed by atoms with Crippen LogP contribution in [0, 0.1) is 0 Å². The Bertz CT molecular complexity index is 1070. The predicted octanol–water partition coefficient (Wildman–Crippen LogP) is 2.00. The minimum absolute atomic E-state index is 0.146. The molecule has 0 spiro atoms. The fraction of sp³-hybridized carbons (Fsp3) is 0.250. The van der Waals surface area contributed by atoms with Gasteiger partial charge in [-0.2, -0.15) is 0 Å². The second-order valence-corrected chi connectivity index (χ2v) is 8.66. The first-order valence-electron chi connectivity index (χ1n) is 8.77. The molecule has 6 nitrogen and oxygen atoms in total. The number of aliphatic hydroxyl groups is 2. The Morgan fingerprint density at radius 3 is 2.48 bits per heavy atom. The number of rotatable bonds is 3. The van der Waals surface area contributed by atoms with Crippen LogP contribution in [0.25, 0.3) is 10.9 Å². The zero-order chi connectivity index (χ0) is 19.0. The van der Waals surface area contributed by atoms with Crippen LogP contribution in [0.4, 0.5) is 5.69 Å². The summed E-state index contributed by atoms with van der Waals surface area (Å²) in [6, 6.07) is 15.5. The van der Waals surface area contributed by atoms with Crippen LogP contribution in [-0.4, -0.2) is 48.9 Å². The van der Waals surface area contributed by atoms with Crippen molar-refractivity contribution in [2.24, 2.45) is 0 Å². The molecule has 1 fully saturated rings. The van der Waals surface area contributed by atoms with Gasteiger partial charge >= 0.3 is 0 Å². The first kappa shape index (κ1) is 17.9. The quantitative estimate of drug-likeness (QED) is 0.718. The molecule has 1 saturated heterocycles. The number of aliphatic hydroxyl groups excluding tert-OH is 2. The van der Waals surface area contributed by atoms with Crippen molar-refractivity contribution in [2.75, 3.05) is 18.0 Å². The average molecular weight is 384 g/mol. The number of pyridine rings is 1. The van der Waals surface area contributed by atoms with Gasteiger partial charge in [0.05, 0.1) is 33.2 Å². The molecule has 0 saturated carbocycles. The van der Waals surface area contributed by atoms with Crippen LogP contribution in [0.2, 0.25) is 0 Å². The Labute approximate surface area is 157 Å². The van der Waals surface area contributed by atoms with Crippen LogP contribution in [0.5, 0.6) is 0 Å².